The smallest absolute Gasteiger partial charge is 0.311 e. The van der Waals surface area contributed by atoms with E-state index in [1.165, 1.54) is 12.2 Å². The second kappa shape index (κ2) is 16.4. The minimum absolute atomic E-state index is 0.0497. The number of aliphatic hydroxyl groups excluding tert-OH is 5. The van der Waals surface area contributed by atoms with Crippen molar-refractivity contribution in [2.24, 2.45) is 5.92 Å². The molecule has 0 aromatic heterocycles. The number of esters is 1. The van der Waals surface area contributed by atoms with E-state index in [-0.39, 0.29) is 19.3 Å². The highest BCUT2D eigenvalue weighted by Crippen LogP contribution is 2.38. The first kappa shape index (κ1) is 36.1. The second-order valence-electron chi connectivity index (χ2n) is 12.2. The zero-order valence-electron chi connectivity index (χ0n) is 25.5. The summed E-state index contributed by atoms with van der Waals surface area (Å²) in [5.41, 5.74) is 0. The minimum Gasteiger partial charge on any atom is -0.481 e. The standard InChI is InChI=1S/C32H45NO13/c1-18-10-7-5-3-2-4-6-8-13-21(44-31-28(39)27(38)26-29(33-26)45-31)15-23-25(30(40)41)22(36)17-32(42,46-23)16-20(35)12-9-11-19(34)14-24(37)43-18/h2-9,11,13,18-23,25-29,31,33-36,38-39,42H,10,12,14-17H2,1H3,(H,40,41)/b3-2+,6-4+,7-5+,11-9+,13-8+/t18-,19?,20+,21+,22+,23+,25-,26?,27?,28?,29+,31-,32-/m1/s1. The van der Waals surface area contributed by atoms with Crippen LogP contribution in [0.1, 0.15) is 45.4 Å². The van der Waals surface area contributed by atoms with Crippen LogP contribution in [0, 0.1) is 5.92 Å². The monoisotopic (exact) mass is 651 g/mol. The van der Waals surface area contributed by atoms with Crippen molar-refractivity contribution in [2.75, 3.05) is 0 Å². The molecule has 14 nitrogen and oxygen atoms in total. The van der Waals surface area contributed by atoms with Crippen LogP contribution in [0.15, 0.2) is 60.8 Å². The molecule has 2 bridgehead atoms. The molecule has 4 heterocycles. The van der Waals surface area contributed by atoms with Gasteiger partial charge in [0.15, 0.2) is 12.1 Å². The molecule has 46 heavy (non-hydrogen) atoms. The summed E-state index contributed by atoms with van der Waals surface area (Å²) in [5.74, 6) is -5.54. The highest BCUT2D eigenvalue weighted by atomic mass is 16.7. The molecule has 0 aromatic rings. The molecule has 0 spiro atoms. The van der Waals surface area contributed by atoms with Gasteiger partial charge in [0.05, 0.1) is 43.0 Å². The van der Waals surface area contributed by atoms with E-state index in [0.29, 0.717) is 6.42 Å². The fourth-order valence-corrected chi connectivity index (χ4v) is 5.78. The average Bonchev–Trinajstić information content (AvgIpc) is 3.73. The van der Waals surface area contributed by atoms with Gasteiger partial charge in [-0.15, -0.1) is 0 Å². The predicted molar refractivity (Wildman–Crippen MR) is 160 cm³/mol. The summed E-state index contributed by atoms with van der Waals surface area (Å²) in [4.78, 5) is 24.4. The molecule has 0 radical (unpaired) electrons. The molecule has 3 fully saturated rings. The van der Waals surface area contributed by atoms with Crippen LogP contribution in [-0.2, 0) is 28.5 Å². The normalized spacial score (nSPS) is 46.4. The Hall–Kier alpha value is -2.76. The van der Waals surface area contributed by atoms with Gasteiger partial charge in [0.1, 0.15) is 30.5 Å². The van der Waals surface area contributed by atoms with Gasteiger partial charge in [-0.25, -0.2) is 0 Å². The summed E-state index contributed by atoms with van der Waals surface area (Å²) < 4.78 is 22.8. The van der Waals surface area contributed by atoms with Crippen molar-refractivity contribution in [3.8, 4) is 0 Å². The van der Waals surface area contributed by atoms with Crippen molar-refractivity contribution in [1.82, 2.24) is 5.32 Å². The number of hydrogen-bond acceptors (Lipinski definition) is 13. The SMILES string of the molecule is C[C@@H]1C/C=C/C=C/C=C/C=C/[C@H](O[C@@H]2O[C@@H]3NC3C(O)C2O)C[C@@H]2O[C@](O)(C[C@@H](O)C/C=C/C(O)CC(=O)O1)C[C@H](O)[C@H]2C(=O)O. The quantitative estimate of drug-likeness (QED) is 0.111. The number of aliphatic carboxylic acids is 1. The topological polar surface area (TPSA) is 235 Å². The van der Waals surface area contributed by atoms with Crippen LogP contribution in [0.25, 0.3) is 0 Å². The summed E-state index contributed by atoms with van der Waals surface area (Å²) in [6.45, 7) is 1.73. The van der Waals surface area contributed by atoms with Gasteiger partial charge in [0, 0.05) is 25.7 Å². The lowest BCUT2D eigenvalue weighted by Crippen LogP contribution is -2.56. The minimum atomic E-state index is -2.12. The first-order valence-electron chi connectivity index (χ1n) is 15.5. The van der Waals surface area contributed by atoms with Crippen molar-refractivity contribution in [3.05, 3.63) is 60.8 Å². The molecule has 4 aliphatic heterocycles. The molecule has 4 aliphatic rings. The molecule has 256 valence electrons. The fourth-order valence-electron chi connectivity index (χ4n) is 5.78. The lowest BCUT2D eigenvalue weighted by Gasteiger charge is -2.44. The van der Waals surface area contributed by atoms with E-state index in [4.69, 9.17) is 18.9 Å². The molecule has 0 saturated carbocycles. The molecule has 4 unspecified atom stereocenters. The van der Waals surface area contributed by atoms with Crippen LogP contribution in [0.4, 0.5) is 0 Å². The Balaban J connectivity index is 1.57. The van der Waals surface area contributed by atoms with Crippen LogP contribution in [-0.4, -0.2) is 121 Å². The number of carbonyl (C=O) groups excluding carboxylic acids is 1. The summed E-state index contributed by atoms with van der Waals surface area (Å²) in [6.07, 6.45) is 4.45. The number of carboxylic acids is 1. The molecule has 13 atom stereocenters. The molecular formula is C32H45NO13. The first-order valence-corrected chi connectivity index (χ1v) is 15.5. The number of aliphatic hydroxyl groups is 6. The predicted octanol–water partition coefficient (Wildman–Crippen LogP) is -0.315. The van der Waals surface area contributed by atoms with E-state index in [1.54, 1.807) is 49.5 Å². The maximum atomic E-state index is 12.2. The third-order valence-electron chi connectivity index (χ3n) is 8.14. The van der Waals surface area contributed by atoms with Gasteiger partial charge < -0.3 is 54.7 Å². The van der Waals surface area contributed by atoms with Gasteiger partial charge in [-0.1, -0.05) is 60.8 Å². The van der Waals surface area contributed by atoms with Gasteiger partial charge in [-0.2, -0.15) is 0 Å². The maximum Gasteiger partial charge on any atom is 0.311 e. The van der Waals surface area contributed by atoms with Gasteiger partial charge in [-0.05, 0) is 13.3 Å². The number of cyclic esters (lactones) is 1. The number of carboxylic acid groups (broad SMARTS) is 1. The van der Waals surface area contributed by atoms with Crippen LogP contribution >= 0.6 is 0 Å². The molecule has 0 aliphatic carbocycles. The Morgan fingerprint density at radius 3 is 2.41 bits per heavy atom. The number of allylic oxidation sites excluding steroid dienone is 6. The maximum absolute atomic E-state index is 12.2. The molecular weight excluding hydrogens is 606 g/mol. The Bertz CT molecular complexity index is 1190. The summed E-state index contributed by atoms with van der Waals surface area (Å²) in [5, 5.41) is 76.7. The molecule has 0 aromatic carbocycles. The number of fused-ring (bicyclic) bond motifs is 3. The number of hydrogen-bond donors (Lipinski definition) is 8. The fraction of sp³-hybridized carbons (Fsp3) is 0.625. The van der Waals surface area contributed by atoms with Gasteiger partial charge in [0.2, 0.25) is 0 Å². The van der Waals surface area contributed by atoms with Crippen LogP contribution in [0.5, 0.6) is 0 Å². The Morgan fingerprint density at radius 1 is 0.957 bits per heavy atom. The largest absolute Gasteiger partial charge is 0.481 e. The molecule has 14 heteroatoms. The highest BCUT2D eigenvalue weighted by Gasteiger charge is 2.55. The van der Waals surface area contributed by atoms with Crippen LogP contribution in [0.3, 0.4) is 0 Å². The van der Waals surface area contributed by atoms with Gasteiger partial charge in [-0.3, -0.25) is 14.9 Å². The number of rotatable bonds is 3. The van der Waals surface area contributed by atoms with Crippen molar-refractivity contribution >= 4 is 11.9 Å². The van der Waals surface area contributed by atoms with E-state index in [2.05, 4.69) is 5.32 Å². The van der Waals surface area contributed by atoms with Crippen LogP contribution < -0.4 is 5.32 Å². The molecule has 3 saturated heterocycles. The number of nitrogens with one attached hydrogen (secondary N) is 1. The van der Waals surface area contributed by atoms with Crippen molar-refractivity contribution in [2.45, 2.75) is 119 Å². The molecule has 4 rings (SSSR count). The Kier molecular flexibility index (Phi) is 12.8. The third kappa shape index (κ3) is 10.4. The highest BCUT2D eigenvalue weighted by molar-refractivity contribution is 5.71. The number of carbonyl (C=O) groups is 2. The lowest BCUT2D eigenvalue weighted by atomic mass is 9.83. The van der Waals surface area contributed by atoms with Crippen molar-refractivity contribution in [1.29, 1.82) is 0 Å². The van der Waals surface area contributed by atoms with Crippen molar-refractivity contribution < 1.29 is 64.3 Å². The van der Waals surface area contributed by atoms with E-state index in [0.717, 1.165) is 0 Å². The summed E-state index contributed by atoms with van der Waals surface area (Å²) in [6, 6.07) is -0.429. The molecule has 0 amide bonds. The second-order valence-corrected chi connectivity index (χ2v) is 12.2. The van der Waals surface area contributed by atoms with Gasteiger partial charge >= 0.3 is 11.9 Å². The van der Waals surface area contributed by atoms with Crippen molar-refractivity contribution in [3.63, 3.8) is 0 Å². The Labute approximate surface area is 266 Å². The van der Waals surface area contributed by atoms with Gasteiger partial charge in [0.25, 0.3) is 0 Å². The number of ether oxygens (including phenoxy) is 4. The first-order chi connectivity index (χ1) is 21.8. The lowest BCUT2D eigenvalue weighted by molar-refractivity contribution is -0.304. The van der Waals surface area contributed by atoms with E-state index >= 15 is 0 Å². The zero-order valence-corrected chi connectivity index (χ0v) is 25.5. The van der Waals surface area contributed by atoms with E-state index in [1.807, 2.05) is 6.08 Å². The van der Waals surface area contributed by atoms with E-state index in [9.17, 15) is 45.3 Å². The summed E-state index contributed by atoms with van der Waals surface area (Å²) in [7, 11) is 0. The summed E-state index contributed by atoms with van der Waals surface area (Å²) >= 11 is 0. The molecule has 8 N–H and O–H groups in total. The third-order valence-corrected chi connectivity index (χ3v) is 8.14. The van der Waals surface area contributed by atoms with Crippen LogP contribution in [0.2, 0.25) is 0 Å². The Morgan fingerprint density at radius 2 is 1.67 bits per heavy atom. The van der Waals surface area contributed by atoms with E-state index < -0.39 is 104 Å². The average molecular weight is 652 g/mol. The zero-order chi connectivity index (χ0) is 33.4.